The second kappa shape index (κ2) is 4.82. The maximum atomic E-state index is 12.0. The van der Waals surface area contributed by atoms with Crippen LogP contribution in [0.4, 0.5) is 5.69 Å². The Hall–Kier alpha value is -2.47. The first-order chi connectivity index (χ1) is 9.99. The maximum absolute atomic E-state index is 12.0. The highest BCUT2D eigenvalue weighted by molar-refractivity contribution is 7.71. The molecule has 0 amide bonds. The van der Waals surface area contributed by atoms with Gasteiger partial charge < -0.3 is 5.11 Å². The van der Waals surface area contributed by atoms with Gasteiger partial charge in [0, 0.05) is 23.9 Å². The van der Waals surface area contributed by atoms with E-state index >= 15 is 0 Å². The van der Waals surface area contributed by atoms with Gasteiger partial charge in [0.15, 0.2) is 4.77 Å². The van der Waals surface area contributed by atoms with E-state index in [1.807, 2.05) is 31.2 Å². The van der Waals surface area contributed by atoms with E-state index in [1.165, 1.54) is 4.57 Å². The molecule has 0 atom stereocenters. The minimum absolute atomic E-state index is 0.159. The average molecular weight is 299 g/mol. The molecule has 0 saturated heterocycles. The first-order valence-electron chi connectivity index (χ1n) is 6.38. The number of aromatic hydroxyl groups is 1. The Kier molecular flexibility index (Phi) is 3.10. The van der Waals surface area contributed by atoms with Gasteiger partial charge in [0.05, 0.1) is 5.69 Å². The molecule has 1 aromatic carbocycles. The lowest BCUT2D eigenvalue weighted by Crippen LogP contribution is -2.15. The van der Waals surface area contributed by atoms with Gasteiger partial charge in [0.1, 0.15) is 5.56 Å². The first kappa shape index (κ1) is 13.5. The van der Waals surface area contributed by atoms with Crippen LogP contribution in [0.25, 0.3) is 11.6 Å². The molecule has 2 heterocycles. The molecule has 0 fully saturated rings. The highest BCUT2D eigenvalue weighted by atomic mass is 32.1. The third kappa shape index (κ3) is 2.13. The Morgan fingerprint density at radius 2 is 2.10 bits per heavy atom. The van der Waals surface area contributed by atoms with E-state index in [-0.39, 0.29) is 16.2 Å². The summed E-state index contributed by atoms with van der Waals surface area (Å²) in [5.41, 5.74) is 3.19. The van der Waals surface area contributed by atoms with Crippen LogP contribution in [0.1, 0.15) is 18.1 Å². The number of benzene rings is 1. The molecular formula is C15H13N3O2S. The molecule has 3 rings (SSSR count). The second-order valence-electron chi connectivity index (χ2n) is 4.83. The van der Waals surface area contributed by atoms with E-state index in [4.69, 9.17) is 12.2 Å². The minimum atomic E-state index is -0.416. The molecule has 0 unspecified atom stereocenters. The number of rotatable bonds is 1. The molecule has 0 bridgehead atoms. The van der Waals surface area contributed by atoms with Crippen LogP contribution >= 0.6 is 12.2 Å². The van der Waals surface area contributed by atoms with Gasteiger partial charge in [0.2, 0.25) is 5.88 Å². The Morgan fingerprint density at radius 3 is 2.86 bits per heavy atom. The highest BCUT2D eigenvalue weighted by Gasteiger charge is 2.19. The van der Waals surface area contributed by atoms with Gasteiger partial charge in [-0.05, 0) is 31.3 Å². The van der Waals surface area contributed by atoms with Crippen molar-refractivity contribution in [2.45, 2.75) is 6.92 Å². The van der Waals surface area contributed by atoms with Crippen LogP contribution in [-0.2, 0) is 7.05 Å². The minimum Gasteiger partial charge on any atom is -0.494 e. The summed E-state index contributed by atoms with van der Waals surface area (Å²) < 4.78 is 1.54. The van der Waals surface area contributed by atoms with Crippen molar-refractivity contribution >= 4 is 35.3 Å². The van der Waals surface area contributed by atoms with Crippen LogP contribution in [0.5, 0.6) is 5.88 Å². The Bertz CT molecular complexity index is 919. The van der Waals surface area contributed by atoms with Crippen LogP contribution in [0.3, 0.4) is 0 Å². The molecule has 2 N–H and O–H groups in total. The molecule has 0 aliphatic carbocycles. The predicted molar refractivity (Wildman–Crippen MR) is 85.6 cm³/mol. The monoisotopic (exact) mass is 299 g/mol. The lowest BCUT2D eigenvalue weighted by Gasteiger charge is -2.07. The van der Waals surface area contributed by atoms with Crippen molar-refractivity contribution in [3.8, 4) is 5.88 Å². The zero-order valence-electron chi connectivity index (χ0n) is 11.5. The quantitative estimate of drug-likeness (QED) is 0.795. The largest absolute Gasteiger partial charge is 0.494 e. The van der Waals surface area contributed by atoms with Crippen LogP contribution in [0.15, 0.2) is 34.1 Å². The lowest BCUT2D eigenvalue weighted by molar-refractivity contribution is 0.419. The summed E-state index contributed by atoms with van der Waals surface area (Å²) in [4.78, 5) is 19.0. The summed E-state index contributed by atoms with van der Waals surface area (Å²) >= 11 is 4.96. The molecule has 0 radical (unpaired) electrons. The van der Waals surface area contributed by atoms with Crippen molar-refractivity contribution in [3.63, 3.8) is 0 Å². The predicted octanol–water partition coefficient (Wildman–Crippen LogP) is 2.80. The summed E-state index contributed by atoms with van der Waals surface area (Å²) in [6.07, 6.45) is 1.65. The molecule has 5 nitrogen and oxygen atoms in total. The molecule has 106 valence electrons. The smallest absolute Gasteiger partial charge is 0.262 e. The fourth-order valence-electron chi connectivity index (χ4n) is 2.32. The van der Waals surface area contributed by atoms with Crippen molar-refractivity contribution in [1.29, 1.82) is 0 Å². The molecule has 6 heteroatoms. The lowest BCUT2D eigenvalue weighted by atomic mass is 10.0. The topological polar surface area (TPSA) is 70.4 Å². The third-order valence-electron chi connectivity index (χ3n) is 3.49. The SMILES string of the molecule is CC1=Nc2ccccc2C1=Cc1c(O)n(C)c(=S)[nH]c1=O. The fraction of sp³-hybridized carbons (Fsp3) is 0.133. The number of nitrogens with one attached hydrogen (secondary N) is 1. The first-order valence-corrected chi connectivity index (χ1v) is 6.79. The maximum Gasteiger partial charge on any atom is 0.262 e. The standard InChI is InChI=1S/C15H13N3O2S/c1-8-10(9-5-3-4-6-12(9)16-8)7-11-13(19)17-15(21)18(2)14(11)20/h3-7,20H,1-2H3,(H,17,19,21). The van der Waals surface area contributed by atoms with Gasteiger partial charge in [-0.1, -0.05) is 18.2 Å². The van der Waals surface area contributed by atoms with E-state index in [2.05, 4.69) is 9.98 Å². The average Bonchev–Trinajstić information content (AvgIpc) is 2.77. The van der Waals surface area contributed by atoms with Crippen LogP contribution in [0.2, 0.25) is 0 Å². The normalized spacial score (nSPS) is 15.1. The van der Waals surface area contributed by atoms with E-state index in [1.54, 1.807) is 13.1 Å². The highest BCUT2D eigenvalue weighted by Crippen LogP contribution is 2.35. The van der Waals surface area contributed by atoms with Crippen molar-refractivity contribution in [1.82, 2.24) is 9.55 Å². The number of nitrogens with zero attached hydrogens (tertiary/aromatic N) is 2. The van der Waals surface area contributed by atoms with Gasteiger partial charge >= 0.3 is 0 Å². The second-order valence-corrected chi connectivity index (χ2v) is 5.21. The molecular weight excluding hydrogens is 286 g/mol. The number of H-pyrrole nitrogens is 1. The number of para-hydroxylation sites is 1. The number of aliphatic imine (C=N–C) groups is 1. The van der Waals surface area contributed by atoms with E-state index in [0.717, 1.165) is 22.5 Å². The summed E-state index contributed by atoms with van der Waals surface area (Å²) in [7, 11) is 1.60. The van der Waals surface area contributed by atoms with E-state index in [0.29, 0.717) is 0 Å². The molecule has 0 spiro atoms. The number of aromatic amines is 1. The van der Waals surface area contributed by atoms with Crippen molar-refractivity contribution < 1.29 is 5.11 Å². The summed E-state index contributed by atoms with van der Waals surface area (Å²) in [5, 5.41) is 10.1. The van der Waals surface area contributed by atoms with Crippen molar-refractivity contribution in [3.05, 3.63) is 50.5 Å². The zero-order chi connectivity index (χ0) is 15.1. The molecule has 1 aromatic heterocycles. The molecule has 1 aliphatic rings. The number of hydrogen-bond acceptors (Lipinski definition) is 4. The zero-order valence-corrected chi connectivity index (χ0v) is 12.4. The number of hydrogen-bond donors (Lipinski definition) is 2. The molecule has 21 heavy (non-hydrogen) atoms. The molecule has 1 aliphatic heterocycles. The number of aromatic nitrogens is 2. The Morgan fingerprint density at radius 1 is 1.38 bits per heavy atom. The van der Waals surface area contributed by atoms with Gasteiger partial charge in [-0.25, -0.2) is 0 Å². The van der Waals surface area contributed by atoms with E-state index in [9.17, 15) is 9.90 Å². The fourth-order valence-corrected chi connectivity index (χ4v) is 2.50. The van der Waals surface area contributed by atoms with Crippen LogP contribution in [-0.4, -0.2) is 20.4 Å². The van der Waals surface area contributed by atoms with Crippen LogP contribution in [0, 0.1) is 4.77 Å². The van der Waals surface area contributed by atoms with Crippen molar-refractivity contribution in [2.75, 3.05) is 0 Å². The molecule has 2 aromatic rings. The number of fused-ring (bicyclic) bond motifs is 1. The summed E-state index contributed by atoms with van der Waals surface area (Å²) in [6, 6.07) is 7.68. The Labute approximate surface area is 125 Å². The number of allylic oxidation sites excluding steroid dienone is 1. The van der Waals surface area contributed by atoms with Gasteiger partial charge in [-0.2, -0.15) is 0 Å². The van der Waals surface area contributed by atoms with Crippen LogP contribution < -0.4 is 5.56 Å². The molecule has 0 saturated carbocycles. The summed E-state index contributed by atoms with van der Waals surface area (Å²) in [6.45, 7) is 1.87. The van der Waals surface area contributed by atoms with Gasteiger partial charge in [-0.3, -0.25) is 19.3 Å². The van der Waals surface area contributed by atoms with E-state index < -0.39 is 5.56 Å². The van der Waals surface area contributed by atoms with Gasteiger partial charge in [-0.15, -0.1) is 0 Å². The Balaban J connectivity index is 2.26. The van der Waals surface area contributed by atoms with Gasteiger partial charge in [0.25, 0.3) is 5.56 Å². The van der Waals surface area contributed by atoms with Crippen molar-refractivity contribution in [2.24, 2.45) is 12.0 Å². The summed E-state index contributed by atoms with van der Waals surface area (Å²) in [5.74, 6) is -0.159. The third-order valence-corrected chi connectivity index (χ3v) is 3.87.